The van der Waals surface area contributed by atoms with Crippen molar-refractivity contribution in [3.05, 3.63) is 53.7 Å². The van der Waals surface area contributed by atoms with Crippen LogP contribution in [0.2, 0.25) is 0 Å². The number of aromatic nitrogens is 1. The van der Waals surface area contributed by atoms with Gasteiger partial charge in [-0.2, -0.15) is 13.2 Å². The number of carbonyl (C=O) groups excluding carboxylic acids is 1. The molecule has 1 aromatic carbocycles. The van der Waals surface area contributed by atoms with Gasteiger partial charge in [0, 0.05) is 11.4 Å². The summed E-state index contributed by atoms with van der Waals surface area (Å²) >= 11 is 0. The van der Waals surface area contributed by atoms with Crippen molar-refractivity contribution in [3.8, 4) is 0 Å². The summed E-state index contributed by atoms with van der Waals surface area (Å²) in [4.78, 5) is 15.8. The van der Waals surface area contributed by atoms with Crippen molar-refractivity contribution in [1.82, 2.24) is 4.98 Å². The van der Waals surface area contributed by atoms with E-state index in [1.54, 1.807) is 25.1 Å². The Labute approximate surface area is 119 Å². The molecule has 2 amide bonds. The highest BCUT2D eigenvalue weighted by Crippen LogP contribution is 2.30. The first kappa shape index (κ1) is 14.8. The molecule has 21 heavy (non-hydrogen) atoms. The first-order valence-corrected chi connectivity index (χ1v) is 6.03. The first-order valence-electron chi connectivity index (χ1n) is 6.03. The van der Waals surface area contributed by atoms with E-state index in [0.29, 0.717) is 11.5 Å². The Kier molecular flexibility index (Phi) is 4.11. The number of benzene rings is 1. The highest BCUT2D eigenvalue weighted by Gasteiger charge is 2.30. The molecule has 0 spiro atoms. The summed E-state index contributed by atoms with van der Waals surface area (Å²) in [6.07, 6.45) is -4.45. The van der Waals surface area contributed by atoms with Crippen molar-refractivity contribution in [3.63, 3.8) is 0 Å². The summed E-state index contributed by atoms with van der Waals surface area (Å²) in [6, 6.07) is 8.79. The number of urea groups is 1. The van der Waals surface area contributed by atoms with Gasteiger partial charge in [-0.1, -0.05) is 12.1 Å². The van der Waals surface area contributed by atoms with E-state index < -0.39 is 17.8 Å². The predicted molar refractivity (Wildman–Crippen MR) is 73.1 cm³/mol. The molecule has 0 aliphatic carbocycles. The smallest absolute Gasteiger partial charge is 0.308 e. The van der Waals surface area contributed by atoms with Crippen LogP contribution in [0.4, 0.5) is 29.5 Å². The van der Waals surface area contributed by atoms with Crippen molar-refractivity contribution in [2.75, 3.05) is 10.6 Å². The number of amides is 2. The van der Waals surface area contributed by atoms with E-state index in [2.05, 4.69) is 15.6 Å². The SMILES string of the molecule is Cc1cccc(NC(=O)Nc2cccc(C(F)(F)F)c2)n1. The number of nitrogens with one attached hydrogen (secondary N) is 2. The maximum Gasteiger partial charge on any atom is 0.416 e. The van der Waals surface area contributed by atoms with E-state index in [4.69, 9.17) is 0 Å². The summed E-state index contributed by atoms with van der Waals surface area (Å²) in [5.41, 5.74) is -0.0594. The number of nitrogens with zero attached hydrogens (tertiary/aromatic N) is 1. The zero-order valence-electron chi connectivity index (χ0n) is 11.0. The standard InChI is InChI=1S/C14H12F3N3O/c1-9-4-2-7-12(18-9)20-13(21)19-11-6-3-5-10(8-11)14(15,16)17/h2-8H,1H3,(H2,18,19,20,21). The van der Waals surface area contributed by atoms with Gasteiger partial charge in [0.15, 0.2) is 0 Å². The molecular weight excluding hydrogens is 283 g/mol. The van der Waals surface area contributed by atoms with Gasteiger partial charge in [0.05, 0.1) is 5.56 Å². The fourth-order valence-electron chi connectivity index (χ4n) is 1.66. The van der Waals surface area contributed by atoms with Crippen LogP contribution in [0, 0.1) is 6.92 Å². The minimum Gasteiger partial charge on any atom is -0.308 e. The van der Waals surface area contributed by atoms with E-state index in [-0.39, 0.29) is 5.69 Å². The number of alkyl halides is 3. The number of halogens is 3. The van der Waals surface area contributed by atoms with Crippen molar-refractivity contribution in [2.45, 2.75) is 13.1 Å². The topological polar surface area (TPSA) is 54.0 Å². The number of pyridine rings is 1. The van der Waals surface area contributed by atoms with Crippen molar-refractivity contribution < 1.29 is 18.0 Å². The molecule has 2 N–H and O–H groups in total. The molecular formula is C14H12F3N3O. The van der Waals surface area contributed by atoms with Crippen LogP contribution in [0.15, 0.2) is 42.5 Å². The van der Waals surface area contributed by atoms with Crippen LogP contribution in [-0.2, 0) is 6.18 Å². The monoisotopic (exact) mass is 295 g/mol. The normalized spacial score (nSPS) is 11.0. The third-order valence-electron chi connectivity index (χ3n) is 2.58. The Morgan fingerprint density at radius 1 is 1.10 bits per heavy atom. The minimum absolute atomic E-state index is 0.0509. The Morgan fingerprint density at radius 2 is 1.81 bits per heavy atom. The van der Waals surface area contributed by atoms with Crippen LogP contribution < -0.4 is 10.6 Å². The number of carbonyl (C=O) groups is 1. The maximum absolute atomic E-state index is 12.6. The largest absolute Gasteiger partial charge is 0.416 e. The fourth-order valence-corrected chi connectivity index (χ4v) is 1.66. The summed E-state index contributed by atoms with van der Waals surface area (Å²) in [5, 5.41) is 4.78. The Morgan fingerprint density at radius 3 is 2.48 bits per heavy atom. The van der Waals surface area contributed by atoms with Crippen LogP contribution >= 0.6 is 0 Å². The quantitative estimate of drug-likeness (QED) is 0.878. The molecule has 7 heteroatoms. The lowest BCUT2D eigenvalue weighted by Crippen LogP contribution is -2.20. The molecule has 4 nitrogen and oxygen atoms in total. The van der Waals surface area contributed by atoms with Crippen LogP contribution in [-0.4, -0.2) is 11.0 Å². The van der Waals surface area contributed by atoms with Gasteiger partial charge in [-0.25, -0.2) is 9.78 Å². The van der Waals surface area contributed by atoms with Gasteiger partial charge in [0.1, 0.15) is 5.82 Å². The van der Waals surface area contributed by atoms with Gasteiger partial charge in [-0.05, 0) is 37.3 Å². The fraction of sp³-hybridized carbons (Fsp3) is 0.143. The summed E-state index contributed by atoms with van der Waals surface area (Å²) in [5.74, 6) is 0.319. The van der Waals surface area contributed by atoms with Gasteiger partial charge >= 0.3 is 12.2 Å². The highest BCUT2D eigenvalue weighted by molar-refractivity contribution is 5.99. The van der Waals surface area contributed by atoms with Crippen molar-refractivity contribution >= 4 is 17.5 Å². The number of anilines is 2. The molecule has 0 bridgehead atoms. The Hall–Kier alpha value is -2.57. The lowest BCUT2D eigenvalue weighted by molar-refractivity contribution is -0.137. The molecule has 0 aliphatic rings. The van der Waals surface area contributed by atoms with Crippen molar-refractivity contribution in [2.24, 2.45) is 0 Å². The molecule has 110 valence electrons. The zero-order chi connectivity index (χ0) is 15.5. The lowest BCUT2D eigenvalue weighted by atomic mass is 10.2. The number of aryl methyl sites for hydroxylation is 1. The van der Waals surface area contributed by atoms with Gasteiger partial charge in [-0.15, -0.1) is 0 Å². The first-order chi connectivity index (χ1) is 9.84. The molecule has 0 radical (unpaired) electrons. The van der Waals surface area contributed by atoms with E-state index in [1.807, 2.05) is 0 Å². The molecule has 2 rings (SSSR count). The summed E-state index contributed by atoms with van der Waals surface area (Å²) in [7, 11) is 0. The van der Waals surface area contributed by atoms with Gasteiger partial charge in [0.25, 0.3) is 0 Å². The third kappa shape index (κ3) is 4.20. The summed E-state index contributed by atoms with van der Waals surface area (Å²) < 4.78 is 37.7. The third-order valence-corrected chi connectivity index (χ3v) is 2.58. The maximum atomic E-state index is 12.6. The predicted octanol–water partition coefficient (Wildman–Crippen LogP) is 4.05. The van der Waals surface area contributed by atoms with Crippen molar-refractivity contribution in [1.29, 1.82) is 0 Å². The van der Waals surface area contributed by atoms with E-state index in [0.717, 1.165) is 12.1 Å². The number of hydrogen-bond acceptors (Lipinski definition) is 2. The molecule has 0 atom stereocenters. The van der Waals surface area contributed by atoms with E-state index in [9.17, 15) is 18.0 Å². The second-order valence-corrected chi connectivity index (χ2v) is 4.32. The molecule has 1 heterocycles. The van der Waals surface area contributed by atoms with E-state index >= 15 is 0 Å². The van der Waals surface area contributed by atoms with Crippen LogP contribution in [0.25, 0.3) is 0 Å². The molecule has 2 aromatic rings. The number of hydrogen-bond donors (Lipinski definition) is 2. The van der Waals surface area contributed by atoms with Crippen LogP contribution in [0.5, 0.6) is 0 Å². The average Bonchev–Trinajstić information content (AvgIpc) is 2.37. The molecule has 0 saturated heterocycles. The highest BCUT2D eigenvalue weighted by atomic mass is 19.4. The van der Waals surface area contributed by atoms with Crippen LogP contribution in [0.1, 0.15) is 11.3 Å². The van der Waals surface area contributed by atoms with Gasteiger partial charge < -0.3 is 5.32 Å². The number of rotatable bonds is 2. The van der Waals surface area contributed by atoms with Gasteiger partial charge in [0.2, 0.25) is 0 Å². The Bertz CT molecular complexity index is 656. The minimum atomic E-state index is -4.45. The second kappa shape index (κ2) is 5.82. The van der Waals surface area contributed by atoms with E-state index in [1.165, 1.54) is 12.1 Å². The Balaban J connectivity index is 2.06. The molecule has 0 saturated carbocycles. The molecule has 1 aromatic heterocycles. The lowest BCUT2D eigenvalue weighted by Gasteiger charge is -2.10. The van der Waals surface area contributed by atoms with Crippen LogP contribution in [0.3, 0.4) is 0 Å². The zero-order valence-corrected chi connectivity index (χ0v) is 11.0. The average molecular weight is 295 g/mol. The second-order valence-electron chi connectivity index (χ2n) is 4.32. The van der Waals surface area contributed by atoms with Gasteiger partial charge in [-0.3, -0.25) is 5.32 Å². The summed E-state index contributed by atoms with van der Waals surface area (Å²) in [6.45, 7) is 1.76. The molecule has 0 fully saturated rings. The molecule has 0 aliphatic heterocycles. The molecule has 0 unspecified atom stereocenters.